The molecule has 0 spiro atoms. The summed E-state index contributed by atoms with van der Waals surface area (Å²) in [7, 11) is 0. The molecule has 0 bridgehead atoms. The van der Waals surface area contributed by atoms with Gasteiger partial charge in [0, 0.05) is 6.61 Å². The van der Waals surface area contributed by atoms with E-state index in [4.69, 9.17) is 9.47 Å². The maximum absolute atomic E-state index is 10.8. The first-order valence-corrected chi connectivity index (χ1v) is 3.59. The van der Waals surface area contributed by atoms with E-state index in [1.807, 2.05) is 6.92 Å². The van der Waals surface area contributed by atoms with Gasteiger partial charge in [-0.1, -0.05) is 0 Å². The Morgan fingerprint density at radius 1 is 1.80 bits per heavy atom. The van der Waals surface area contributed by atoms with Crippen LogP contribution < -0.4 is 0 Å². The van der Waals surface area contributed by atoms with Crippen molar-refractivity contribution in [2.75, 3.05) is 19.8 Å². The first-order valence-electron chi connectivity index (χ1n) is 3.59. The first kappa shape index (κ1) is 7.54. The van der Waals surface area contributed by atoms with Gasteiger partial charge in [0.2, 0.25) is 0 Å². The van der Waals surface area contributed by atoms with Crippen LogP contribution in [0.4, 0.5) is 0 Å². The van der Waals surface area contributed by atoms with Crippen LogP contribution in [0.25, 0.3) is 0 Å². The molecule has 3 heteroatoms. The van der Waals surface area contributed by atoms with Gasteiger partial charge in [-0.3, -0.25) is 4.79 Å². The van der Waals surface area contributed by atoms with Crippen LogP contribution in [0.3, 0.4) is 0 Å². The van der Waals surface area contributed by atoms with Crippen molar-refractivity contribution in [3.05, 3.63) is 0 Å². The molecule has 1 atom stereocenters. The molecule has 0 aromatic rings. The Labute approximate surface area is 60.3 Å². The van der Waals surface area contributed by atoms with E-state index >= 15 is 0 Å². The lowest BCUT2D eigenvalue weighted by Gasteiger charge is -2.03. The number of hydrogen-bond donors (Lipinski definition) is 0. The highest BCUT2D eigenvalue weighted by molar-refractivity contribution is 5.74. The quantitative estimate of drug-likeness (QED) is 0.544. The summed E-state index contributed by atoms with van der Waals surface area (Å²) in [6.45, 7) is 3.68. The molecule has 0 N–H and O–H groups in total. The second-order valence-electron chi connectivity index (χ2n) is 2.31. The molecule has 1 saturated heterocycles. The lowest BCUT2D eigenvalue weighted by atomic mass is 10.1. The van der Waals surface area contributed by atoms with E-state index in [1.165, 1.54) is 0 Å². The summed E-state index contributed by atoms with van der Waals surface area (Å²) in [5.41, 5.74) is 0. The number of rotatable bonds is 3. The van der Waals surface area contributed by atoms with Gasteiger partial charge in [-0.25, -0.2) is 0 Å². The van der Waals surface area contributed by atoms with Gasteiger partial charge >= 0.3 is 5.97 Å². The van der Waals surface area contributed by atoms with Crippen LogP contribution in [0, 0.1) is 5.92 Å². The Morgan fingerprint density at radius 3 is 3.10 bits per heavy atom. The number of esters is 1. The monoisotopic (exact) mass is 144 g/mol. The fraction of sp³-hybridized carbons (Fsp3) is 0.857. The maximum atomic E-state index is 10.8. The summed E-state index contributed by atoms with van der Waals surface area (Å²) < 4.78 is 9.83. The van der Waals surface area contributed by atoms with E-state index in [-0.39, 0.29) is 11.9 Å². The summed E-state index contributed by atoms with van der Waals surface area (Å²) in [5, 5.41) is 0. The number of carbonyl (C=O) groups is 1. The molecule has 3 nitrogen and oxygen atoms in total. The van der Waals surface area contributed by atoms with E-state index < -0.39 is 0 Å². The molecule has 1 fully saturated rings. The van der Waals surface area contributed by atoms with Crippen LogP contribution in [0.15, 0.2) is 0 Å². The van der Waals surface area contributed by atoms with Crippen molar-refractivity contribution in [2.45, 2.75) is 13.3 Å². The minimum atomic E-state index is -0.103. The Hall–Kier alpha value is -0.570. The van der Waals surface area contributed by atoms with Gasteiger partial charge in [0.05, 0.1) is 19.1 Å². The predicted octanol–water partition coefficient (Wildman–Crippen LogP) is 0.586. The zero-order valence-corrected chi connectivity index (χ0v) is 6.13. The smallest absolute Gasteiger partial charge is 0.311 e. The molecular formula is C7H12O3. The highest BCUT2D eigenvalue weighted by Crippen LogP contribution is 2.13. The van der Waals surface area contributed by atoms with Crippen molar-refractivity contribution in [1.29, 1.82) is 0 Å². The zero-order valence-electron chi connectivity index (χ0n) is 6.13. The van der Waals surface area contributed by atoms with Crippen LogP contribution in [0.2, 0.25) is 0 Å². The fourth-order valence-electron chi connectivity index (χ4n) is 0.949. The van der Waals surface area contributed by atoms with E-state index in [1.54, 1.807) is 0 Å². The molecule has 58 valence electrons. The van der Waals surface area contributed by atoms with Gasteiger partial charge in [0.1, 0.15) is 0 Å². The number of ether oxygens (including phenoxy) is 2. The van der Waals surface area contributed by atoms with Gasteiger partial charge in [-0.05, 0) is 13.3 Å². The zero-order chi connectivity index (χ0) is 7.40. The summed E-state index contributed by atoms with van der Waals surface area (Å²) in [4.78, 5) is 10.8. The van der Waals surface area contributed by atoms with Crippen LogP contribution in [-0.2, 0) is 14.3 Å². The lowest BCUT2D eigenvalue weighted by molar-refractivity contribution is -0.142. The molecule has 0 aliphatic carbocycles. The first-order chi connectivity index (χ1) is 4.84. The number of carbonyl (C=O) groups excluding carboxylic acids is 1. The molecule has 0 aromatic heterocycles. The van der Waals surface area contributed by atoms with Crippen molar-refractivity contribution in [3.63, 3.8) is 0 Å². The molecule has 1 unspecified atom stereocenters. The fourth-order valence-corrected chi connectivity index (χ4v) is 0.949. The van der Waals surface area contributed by atoms with E-state index in [9.17, 15) is 4.79 Å². The van der Waals surface area contributed by atoms with Crippen LogP contribution >= 0.6 is 0 Å². The summed E-state index contributed by atoms with van der Waals surface area (Å²) >= 11 is 0. The van der Waals surface area contributed by atoms with Gasteiger partial charge in [-0.15, -0.1) is 0 Å². The Kier molecular flexibility index (Phi) is 2.68. The Morgan fingerprint density at radius 2 is 2.60 bits per heavy atom. The summed E-state index contributed by atoms with van der Waals surface area (Å²) in [6.07, 6.45) is 0.818. The molecule has 1 aliphatic rings. The average molecular weight is 144 g/mol. The van der Waals surface area contributed by atoms with Crippen molar-refractivity contribution in [2.24, 2.45) is 5.92 Å². The minimum absolute atomic E-state index is 0.0000463. The molecular weight excluding hydrogens is 132 g/mol. The molecule has 10 heavy (non-hydrogen) atoms. The van der Waals surface area contributed by atoms with E-state index in [0.717, 1.165) is 6.42 Å². The second kappa shape index (κ2) is 3.56. The average Bonchev–Trinajstić information content (AvgIpc) is 2.31. The molecule has 0 aromatic carbocycles. The largest absolute Gasteiger partial charge is 0.465 e. The third-order valence-corrected chi connectivity index (χ3v) is 1.57. The number of cyclic esters (lactones) is 1. The van der Waals surface area contributed by atoms with Gasteiger partial charge in [-0.2, -0.15) is 0 Å². The third kappa shape index (κ3) is 1.70. The highest BCUT2D eigenvalue weighted by Gasteiger charge is 2.25. The van der Waals surface area contributed by atoms with Crippen molar-refractivity contribution in [1.82, 2.24) is 0 Å². The van der Waals surface area contributed by atoms with Gasteiger partial charge in [0.15, 0.2) is 0 Å². The minimum Gasteiger partial charge on any atom is -0.465 e. The Bertz CT molecular complexity index is 122. The van der Waals surface area contributed by atoms with Crippen LogP contribution in [0.5, 0.6) is 0 Å². The van der Waals surface area contributed by atoms with Crippen molar-refractivity contribution < 1.29 is 14.3 Å². The van der Waals surface area contributed by atoms with Gasteiger partial charge < -0.3 is 9.47 Å². The second-order valence-corrected chi connectivity index (χ2v) is 2.31. The van der Waals surface area contributed by atoms with Gasteiger partial charge in [0.25, 0.3) is 0 Å². The number of hydrogen-bond acceptors (Lipinski definition) is 3. The molecule has 1 aliphatic heterocycles. The summed E-state index contributed by atoms with van der Waals surface area (Å²) in [5.74, 6) is -0.103. The molecule has 0 saturated carbocycles. The lowest BCUT2D eigenvalue weighted by Crippen LogP contribution is -2.14. The molecule has 1 heterocycles. The summed E-state index contributed by atoms with van der Waals surface area (Å²) in [6, 6.07) is 0. The standard InChI is InChI=1S/C7H12O3/c1-2-9-5-6-3-4-10-7(6)8/h6H,2-5H2,1H3. The normalized spacial score (nSPS) is 24.9. The predicted molar refractivity (Wildman–Crippen MR) is 35.6 cm³/mol. The SMILES string of the molecule is CCOCC1CCOC1=O. The topological polar surface area (TPSA) is 35.5 Å². The molecule has 1 rings (SSSR count). The third-order valence-electron chi connectivity index (χ3n) is 1.57. The Balaban J connectivity index is 2.20. The van der Waals surface area contributed by atoms with Crippen LogP contribution in [0.1, 0.15) is 13.3 Å². The van der Waals surface area contributed by atoms with Crippen molar-refractivity contribution >= 4 is 5.97 Å². The molecule has 0 amide bonds. The van der Waals surface area contributed by atoms with E-state index in [2.05, 4.69) is 0 Å². The molecule has 0 radical (unpaired) electrons. The van der Waals surface area contributed by atoms with E-state index in [0.29, 0.717) is 19.8 Å². The van der Waals surface area contributed by atoms with Crippen molar-refractivity contribution in [3.8, 4) is 0 Å². The van der Waals surface area contributed by atoms with Crippen LogP contribution in [-0.4, -0.2) is 25.8 Å². The highest BCUT2D eigenvalue weighted by atomic mass is 16.5. The maximum Gasteiger partial charge on any atom is 0.311 e.